The van der Waals surface area contributed by atoms with E-state index in [9.17, 15) is 0 Å². The molecule has 0 amide bonds. The summed E-state index contributed by atoms with van der Waals surface area (Å²) in [5.74, 6) is 1.96. The average Bonchev–Trinajstić information content (AvgIpc) is 2.52. The average molecular weight is 507 g/mol. The molecule has 9 heteroatoms. The zero-order valence-electron chi connectivity index (χ0n) is 18.9. The van der Waals surface area contributed by atoms with Crippen molar-refractivity contribution in [1.82, 2.24) is 4.90 Å². The normalized spacial score (nSPS) is 14.8. The van der Waals surface area contributed by atoms with Gasteiger partial charge in [0, 0.05) is 25.0 Å². The van der Waals surface area contributed by atoms with E-state index in [-0.39, 0.29) is 111 Å². The van der Waals surface area contributed by atoms with Gasteiger partial charge in [0.05, 0.1) is 6.61 Å². The fourth-order valence-corrected chi connectivity index (χ4v) is 2.83. The van der Waals surface area contributed by atoms with Crippen LogP contribution >= 0.6 is 15.9 Å². The summed E-state index contributed by atoms with van der Waals surface area (Å²) in [6.45, 7) is 4.52. The maximum Gasteiger partial charge on any atom is 1.00 e. The predicted molar refractivity (Wildman–Crippen MR) is 103 cm³/mol. The second-order valence-electron chi connectivity index (χ2n) is 6.50. The van der Waals surface area contributed by atoms with Gasteiger partial charge in [-0.15, -0.1) is 0 Å². The van der Waals surface area contributed by atoms with Gasteiger partial charge in [0.2, 0.25) is 0 Å². The van der Waals surface area contributed by atoms with Gasteiger partial charge in [-0.05, 0) is 51.0 Å². The minimum atomic E-state index is -0.181. The first-order valence-corrected chi connectivity index (χ1v) is 10.4. The molecule has 27 heavy (non-hydrogen) atoms. The minimum absolute atomic E-state index is 0. The van der Waals surface area contributed by atoms with E-state index in [2.05, 4.69) is 39.7 Å². The topological polar surface area (TPSA) is 93.1 Å². The number of aliphatic hydroxyl groups excluding tert-OH is 2. The standard InChI is InChI=1S/C8H17NO.C5H9Br.C4H10O.CH2O3.2K.H/c1-9(5-6-10)7-8-3-2-4-8;6-4-5-2-1-3-5;1-2-3-4-5;2-1-4-3;;;/h8,10H,2-7H2,1H3;5H,1-4H2;5H,2-4H2,1H3;1,3H;;;/q;;;;2*+1;-1/p-1. The van der Waals surface area contributed by atoms with Crippen LogP contribution in [0.4, 0.5) is 0 Å². The number of hydrogen-bond donors (Lipinski definition) is 2. The van der Waals surface area contributed by atoms with E-state index in [1.165, 1.54) is 50.4 Å². The zero-order chi connectivity index (χ0) is 19.3. The number of halogens is 1. The number of carbonyl (C=O) groups is 1. The van der Waals surface area contributed by atoms with E-state index in [1.54, 1.807) is 0 Å². The second kappa shape index (κ2) is 31.3. The summed E-state index contributed by atoms with van der Waals surface area (Å²) in [7, 11) is 2.08. The number of alkyl halides is 1. The molecule has 2 aliphatic carbocycles. The van der Waals surface area contributed by atoms with Gasteiger partial charge in [-0.25, -0.2) is 0 Å². The molecule has 2 N–H and O–H groups in total. The van der Waals surface area contributed by atoms with Crippen LogP contribution in [-0.2, 0) is 9.68 Å². The van der Waals surface area contributed by atoms with E-state index in [0.717, 1.165) is 31.2 Å². The quantitative estimate of drug-likeness (QED) is 0.116. The van der Waals surface area contributed by atoms with Crippen LogP contribution in [0.25, 0.3) is 0 Å². The Hall–Kier alpha value is 3.06. The Morgan fingerprint density at radius 2 is 1.63 bits per heavy atom. The van der Waals surface area contributed by atoms with Crippen molar-refractivity contribution in [3.63, 3.8) is 0 Å². The maximum absolute atomic E-state index is 8.64. The summed E-state index contributed by atoms with van der Waals surface area (Å²) in [5, 5.41) is 26.3. The van der Waals surface area contributed by atoms with Crippen molar-refractivity contribution in [1.29, 1.82) is 0 Å². The molecule has 0 unspecified atom stereocenters. The molecule has 0 aromatic carbocycles. The molecule has 2 fully saturated rings. The molecule has 2 rings (SSSR count). The molecule has 0 heterocycles. The first kappa shape index (κ1) is 37.4. The van der Waals surface area contributed by atoms with E-state index < -0.39 is 0 Å². The van der Waals surface area contributed by atoms with Gasteiger partial charge < -0.3 is 26.7 Å². The van der Waals surface area contributed by atoms with E-state index in [0.29, 0.717) is 13.2 Å². The van der Waals surface area contributed by atoms with E-state index in [4.69, 9.17) is 20.3 Å². The second-order valence-corrected chi connectivity index (χ2v) is 7.15. The third-order valence-electron chi connectivity index (χ3n) is 4.27. The summed E-state index contributed by atoms with van der Waals surface area (Å²) in [6, 6.07) is 0. The molecule has 6 nitrogen and oxygen atoms in total. The molecule has 0 aromatic heterocycles. The monoisotopic (exact) mass is 505 g/mol. The minimum Gasteiger partial charge on any atom is -1.00 e. The number of nitrogens with zero attached hydrogens (tertiary/aromatic N) is 1. The Labute approximate surface area is 260 Å². The van der Waals surface area contributed by atoms with Crippen molar-refractivity contribution in [2.45, 2.75) is 58.3 Å². The van der Waals surface area contributed by atoms with Crippen LogP contribution in [0.3, 0.4) is 0 Å². The fourth-order valence-electron chi connectivity index (χ4n) is 2.18. The summed E-state index contributed by atoms with van der Waals surface area (Å²) >= 11 is 3.43. The van der Waals surface area contributed by atoms with E-state index >= 15 is 0 Å². The van der Waals surface area contributed by atoms with Gasteiger partial charge in [0.25, 0.3) is 6.47 Å². The molecular formula is C18H38BrK2NO5. The number of aliphatic hydroxyl groups is 2. The molecule has 0 radical (unpaired) electrons. The Bertz CT molecular complexity index is 276. The third kappa shape index (κ3) is 29.1. The van der Waals surface area contributed by atoms with Gasteiger partial charge in [-0.2, -0.15) is 0 Å². The molecule has 154 valence electrons. The molecular weight excluding hydrogens is 468 g/mol. The van der Waals surface area contributed by atoms with Crippen LogP contribution in [0.5, 0.6) is 0 Å². The predicted octanol–water partition coefficient (Wildman–Crippen LogP) is -3.77. The number of carbonyl (C=O) groups excluding carboxylic acids is 1. The molecule has 0 spiro atoms. The van der Waals surface area contributed by atoms with Crippen LogP contribution < -0.4 is 108 Å². The van der Waals surface area contributed by atoms with Crippen molar-refractivity contribution < 1.29 is 129 Å². The van der Waals surface area contributed by atoms with Gasteiger partial charge in [-0.3, -0.25) is 4.79 Å². The Morgan fingerprint density at radius 3 is 1.78 bits per heavy atom. The number of hydrogen-bond acceptors (Lipinski definition) is 6. The van der Waals surface area contributed by atoms with Crippen LogP contribution in [0.1, 0.15) is 59.7 Å². The van der Waals surface area contributed by atoms with Crippen molar-refractivity contribution in [3.8, 4) is 0 Å². The molecule has 0 aromatic rings. The summed E-state index contributed by atoms with van der Waals surface area (Å²) in [5.41, 5.74) is 0. The van der Waals surface area contributed by atoms with Crippen molar-refractivity contribution in [3.05, 3.63) is 0 Å². The number of likely N-dealkylation sites (N-methyl/N-ethyl adjacent to an activating group) is 1. The third-order valence-corrected chi connectivity index (χ3v) is 5.19. The first-order valence-electron chi connectivity index (χ1n) is 9.27. The van der Waals surface area contributed by atoms with Crippen molar-refractivity contribution in [2.75, 3.05) is 38.7 Å². The Morgan fingerprint density at radius 1 is 1.15 bits per heavy atom. The maximum atomic E-state index is 8.64. The SMILES string of the molecule is BrCC1CCC1.CCCCO.CN(CCO)CC1CCC1.O=CO[O-].[H-].[K+].[K+]. The van der Waals surface area contributed by atoms with Crippen LogP contribution in [0.2, 0.25) is 0 Å². The van der Waals surface area contributed by atoms with Gasteiger partial charge in [0.1, 0.15) is 0 Å². The molecule has 0 atom stereocenters. The molecule has 0 saturated heterocycles. The molecule has 2 saturated carbocycles. The number of unbranched alkanes of at least 4 members (excludes halogenated alkanes) is 1. The van der Waals surface area contributed by atoms with Crippen LogP contribution in [-0.4, -0.2) is 60.3 Å². The zero-order valence-corrected chi connectivity index (χ0v) is 25.7. The van der Waals surface area contributed by atoms with Crippen LogP contribution in [0, 0.1) is 11.8 Å². The Kier molecular flexibility index (Phi) is 43.3. The molecule has 0 bridgehead atoms. The Balaban J connectivity index is -0.0000000864. The molecule has 0 aliphatic heterocycles. The van der Waals surface area contributed by atoms with Gasteiger partial charge in [-0.1, -0.05) is 42.1 Å². The molecule has 2 aliphatic rings. The summed E-state index contributed by atoms with van der Waals surface area (Å²) in [6.07, 6.45) is 10.6. The van der Waals surface area contributed by atoms with Gasteiger partial charge in [0.15, 0.2) is 0 Å². The van der Waals surface area contributed by atoms with Crippen LogP contribution in [0.15, 0.2) is 0 Å². The van der Waals surface area contributed by atoms with E-state index in [1.807, 2.05) is 0 Å². The largest absolute Gasteiger partial charge is 1.00 e. The fraction of sp³-hybridized carbons (Fsp3) is 0.944. The van der Waals surface area contributed by atoms with Crippen molar-refractivity contribution in [2.24, 2.45) is 11.8 Å². The van der Waals surface area contributed by atoms with Crippen molar-refractivity contribution >= 4 is 22.4 Å². The number of rotatable bonds is 8. The summed E-state index contributed by atoms with van der Waals surface area (Å²) in [4.78, 5) is 13.5. The smallest absolute Gasteiger partial charge is 1.00 e. The summed E-state index contributed by atoms with van der Waals surface area (Å²) < 4.78 is 0. The van der Waals surface area contributed by atoms with Gasteiger partial charge >= 0.3 is 103 Å². The first-order chi connectivity index (χ1) is 12.1.